The molecule has 2 heterocycles. The molecule has 3 amide bonds. The number of benzene rings is 1. The summed E-state index contributed by atoms with van der Waals surface area (Å²) in [6, 6.07) is 2.85. The Morgan fingerprint density at radius 2 is 1.91 bits per heavy atom. The van der Waals surface area contributed by atoms with Gasteiger partial charge in [0, 0.05) is 51.4 Å². The van der Waals surface area contributed by atoms with Gasteiger partial charge in [-0.1, -0.05) is 6.07 Å². The average Bonchev–Trinajstić information content (AvgIpc) is 2.72. The minimum absolute atomic E-state index is 0.00276. The normalized spacial score (nSPS) is 13.6. The second-order valence-electron chi connectivity index (χ2n) is 7.14. The fraction of sp³-hybridized carbons (Fsp3) is 0.300. The van der Waals surface area contributed by atoms with Gasteiger partial charge in [0.05, 0.1) is 6.67 Å². The lowest BCUT2D eigenvalue weighted by atomic mass is 10.1. The van der Waals surface area contributed by atoms with E-state index in [0.29, 0.717) is 6.07 Å². The maximum Gasteiger partial charge on any atom is 0.288 e. The number of nitrogens with zero attached hydrogens (tertiary/aromatic N) is 3. The third-order valence-electron chi connectivity index (χ3n) is 4.94. The summed E-state index contributed by atoms with van der Waals surface area (Å²) in [5.41, 5.74) is -1.79. The van der Waals surface area contributed by atoms with Gasteiger partial charge in [-0.3, -0.25) is 24.2 Å². The zero-order valence-corrected chi connectivity index (χ0v) is 17.3. The second kappa shape index (κ2) is 9.14. The minimum atomic E-state index is -1.05. The number of aromatic nitrogens is 1. The van der Waals surface area contributed by atoms with Crippen LogP contribution in [-0.2, 0) is 18.0 Å². The molecule has 10 nitrogen and oxygen atoms in total. The lowest BCUT2D eigenvalue weighted by Gasteiger charge is -2.38. The van der Waals surface area contributed by atoms with Crippen LogP contribution < -0.4 is 16.1 Å². The van der Waals surface area contributed by atoms with Crippen molar-refractivity contribution in [1.29, 1.82) is 0 Å². The Hall–Kier alpha value is -3.80. The van der Waals surface area contributed by atoms with E-state index in [1.807, 2.05) is 0 Å². The van der Waals surface area contributed by atoms with Crippen LogP contribution in [0.3, 0.4) is 0 Å². The minimum Gasteiger partial charge on any atom is -0.503 e. The molecule has 3 rings (SSSR count). The summed E-state index contributed by atoms with van der Waals surface area (Å²) in [6.45, 7) is 1.53. The van der Waals surface area contributed by atoms with Crippen LogP contribution in [-0.4, -0.2) is 57.6 Å². The van der Waals surface area contributed by atoms with E-state index in [1.165, 1.54) is 23.5 Å². The van der Waals surface area contributed by atoms with E-state index < -0.39 is 40.2 Å². The van der Waals surface area contributed by atoms with Crippen molar-refractivity contribution in [3.8, 4) is 5.75 Å². The van der Waals surface area contributed by atoms with Crippen LogP contribution in [0.25, 0.3) is 0 Å². The highest BCUT2D eigenvalue weighted by molar-refractivity contribution is 5.98. The van der Waals surface area contributed by atoms with Gasteiger partial charge in [0.15, 0.2) is 11.4 Å². The molecule has 32 heavy (non-hydrogen) atoms. The van der Waals surface area contributed by atoms with Crippen LogP contribution in [0, 0.1) is 11.6 Å². The average molecular weight is 449 g/mol. The Morgan fingerprint density at radius 1 is 1.19 bits per heavy atom. The van der Waals surface area contributed by atoms with Gasteiger partial charge in [-0.25, -0.2) is 8.78 Å². The van der Waals surface area contributed by atoms with Gasteiger partial charge in [0.2, 0.25) is 11.3 Å². The van der Waals surface area contributed by atoms with Crippen molar-refractivity contribution in [2.75, 3.05) is 20.1 Å². The Bertz CT molecular complexity index is 1150. The largest absolute Gasteiger partial charge is 0.503 e. The first-order chi connectivity index (χ1) is 15.1. The summed E-state index contributed by atoms with van der Waals surface area (Å²) < 4.78 is 28.0. The quantitative estimate of drug-likeness (QED) is 0.577. The molecule has 12 heteroatoms. The number of hydrazine groups is 1. The predicted molar refractivity (Wildman–Crippen MR) is 107 cm³/mol. The number of pyridine rings is 1. The van der Waals surface area contributed by atoms with Gasteiger partial charge in [0.25, 0.3) is 11.8 Å². The lowest BCUT2D eigenvalue weighted by Crippen LogP contribution is -2.52. The topological polar surface area (TPSA) is 124 Å². The predicted octanol–water partition coefficient (Wildman–Crippen LogP) is 0.158. The van der Waals surface area contributed by atoms with Crippen LogP contribution in [0.15, 0.2) is 29.2 Å². The molecule has 0 saturated heterocycles. The molecule has 3 N–H and O–H groups in total. The smallest absolute Gasteiger partial charge is 0.288 e. The standard InChI is InChI=1S/C20H21F2N5O5/c1-11(28)23-5-6-27-10-26-9-14(17(29)18(30)16(26)20(32)25(27)2)19(31)24-8-12-3-4-13(21)7-15(12)22/h3-4,7,9,30H,5-6,8,10H2,1-2H3,(H,23,28)(H,24,31). The number of rotatable bonds is 6. The first-order valence-electron chi connectivity index (χ1n) is 9.56. The molecule has 1 aliphatic rings. The molecule has 1 aromatic heterocycles. The molecule has 2 aromatic rings. The van der Waals surface area contributed by atoms with Gasteiger partial charge in [-0.15, -0.1) is 0 Å². The first kappa shape index (κ1) is 22.9. The molecular weight excluding hydrogens is 428 g/mol. The van der Waals surface area contributed by atoms with Crippen molar-refractivity contribution in [2.24, 2.45) is 0 Å². The molecule has 0 radical (unpaired) electrons. The van der Waals surface area contributed by atoms with E-state index in [4.69, 9.17) is 0 Å². The van der Waals surface area contributed by atoms with Crippen LogP contribution in [0.4, 0.5) is 8.78 Å². The van der Waals surface area contributed by atoms with E-state index >= 15 is 0 Å². The molecule has 0 fully saturated rings. The number of fused-ring (bicyclic) bond motifs is 1. The molecular formula is C20H21F2N5O5. The number of amides is 3. The third kappa shape index (κ3) is 4.59. The molecule has 0 atom stereocenters. The van der Waals surface area contributed by atoms with Gasteiger partial charge in [-0.05, 0) is 6.07 Å². The van der Waals surface area contributed by atoms with Crippen molar-refractivity contribution >= 4 is 17.7 Å². The highest BCUT2D eigenvalue weighted by Crippen LogP contribution is 2.22. The summed E-state index contributed by atoms with van der Waals surface area (Å²) in [6.07, 6.45) is 1.13. The number of nitrogens with one attached hydrogen (secondary N) is 2. The summed E-state index contributed by atoms with van der Waals surface area (Å²) in [7, 11) is 1.45. The van der Waals surface area contributed by atoms with Crippen molar-refractivity contribution in [1.82, 2.24) is 25.2 Å². The molecule has 0 bridgehead atoms. The van der Waals surface area contributed by atoms with Gasteiger partial charge < -0.3 is 20.3 Å². The van der Waals surface area contributed by atoms with Crippen LogP contribution in [0.5, 0.6) is 5.75 Å². The Labute approximate surface area is 181 Å². The molecule has 0 unspecified atom stereocenters. The maximum absolute atomic E-state index is 13.8. The number of carbonyl (C=O) groups is 3. The summed E-state index contributed by atoms with van der Waals surface area (Å²) >= 11 is 0. The summed E-state index contributed by atoms with van der Waals surface area (Å²) in [4.78, 5) is 48.8. The van der Waals surface area contributed by atoms with Crippen LogP contribution in [0.1, 0.15) is 33.3 Å². The molecule has 0 aliphatic carbocycles. The van der Waals surface area contributed by atoms with Crippen molar-refractivity contribution in [2.45, 2.75) is 20.1 Å². The number of halogens is 2. The molecule has 1 aliphatic heterocycles. The van der Waals surface area contributed by atoms with E-state index in [9.17, 15) is 33.1 Å². The van der Waals surface area contributed by atoms with Crippen molar-refractivity contribution < 1.29 is 28.3 Å². The Morgan fingerprint density at radius 3 is 2.56 bits per heavy atom. The van der Waals surface area contributed by atoms with E-state index in [0.717, 1.165) is 18.3 Å². The van der Waals surface area contributed by atoms with Crippen LogP contribution >= 0.6 is 0 Å². The molecule has 0 spiro atoms. The maximum atomic E-state index is 13.8. The third-order valence-corrected chi connectivity index (χ3v) is 4.94. The fourth-order valence-corrected chi connectivity index (χ4v) is 3.22. The van der Waals surface area contributed by atoms with Crippen molar-refractivity contribution in [3.05, 3.63) is 63.1 Å². The van der Waals surface area contributed by atoms with Crippen molar-refractivity contribution in [3.63, 3.8) is 0 Å². The zero-order valence-electron chi connectivity index (χ0n) is 17.3. The molecule has 170 valence electrons. The second-order valence-corrected chi connectivity index (χ2v) is 7.14. The van der Waals surface area contributed by atoms with E-state index in [2.05, 4.69) is 10.6 Å². The first-order valence-corrected chi connectivity index (χ1v) is 9.56. The van der Waals surface area contributed by atoms with Gasteiger partial charge in [-0.2, -0.15) is 5.01 Å². The number of hydrogen-bond donors (Lipinski definition) is 3. The number of aromatic hydroxyl groups is 1. The Kier molecular flexibility index (Phi) is 6.53. The van der Waals surface area contributed by atoms with Crippen LogP contribution in [0.2, 0.25) is 0 Å². The molecule has 1 aromatic carbocycles. The lowest BCUT2D eigenvalue weighted by molar-refractivity contribution is -0.119. The number of hydrogen-bond acceptors (Lipinski definition) is 6. The summed E-state index contributed by atoms with van der Waals surface area (Å²) in [5, 5.41) is 18.0. The molecule has 0 saturated carbocycles. The van der Waals surface area contributed by atoms with Gasteiger partial charge >= 0.3 is 0 Å². The highest BCUT2D eigenvalue weighted by atomic mass is 19.1. The van der Waals surface area contributed by atoms with E-state index in [1.54, 1.807) is 5.01 Å². The SMILES string of the molecule is CC(=O)NCCN1Cn2cc(C(=O)NCc3ccc(F)cc3F)c(=O)c(O)c2C(=O)N1C. The van der Waals surface area contributed by atoms with E-state index in [-0.39, 0.29) is 43.5 Å². The van der Waals surface area contributed by atoms with Gasteiger partial charge in [0.1, 0.15) is 17.2 Å². The fourth-order valence-electron chi connectivity index (χ4n) is 3.22. The highest BCUT2D eigenvalue weighted by Gasteiger charge is 2.33. The Balaban J connectivity index is 1.84. The zero-order chi connectivity index (χ0) is 23.6. The summed E-state index contributed by atoms with van der Waals surface area (Å²) in [5.74, 6) is -4.33. The monoisotopic (exact) mass is 449 g/mol. The number of carbonyl (C=O) groups excluding carboxylic acids is 3.